The lowest BCUT2D eigenvalue weighted by Gasteiger charge is -2.39. The Morgan fingerprint density at radius 1 is 0.925 bits per heavy atom. The maximum absolute atomic E-state index is 14.4. The number of benzene rings is 2. The highest BCUT2D eigenvalue weighted by Gasteiger charge is 2.36. The quantitative estimate of drug-likeness (QED) is 0.353. The molecule has 0 unspecified atom stereocenters. The van der Waals surface area contributed by atoms with Crippen molar-refractivity contribution in [3.05, 3.63) is 95.7 Å². The van der Waals surface area contributed by atoms with E-state index in [1.807, 2.05) is 29.3 Å². The van der Waals surface area contributed by atoms with E-state index in [0.717, 1.165) is 23.4 Å². The number of para-hydroxylation sites is 1. The number of hydrazine groups is 1. The van der Waals surface area contributed by atoms with Crippen LogP contribution in [0.5, 0.6) is 0 Å². The summed E-state index contributed by atoms with van der Waals surface area (Å²) in [7, 11) is 0. The van der Waals surface area contributed by atoms with Crippen LogP contribution in [0, 0.1) is 5.82 Å². The normalized spacial score (nSPS) is 15.9. The molecule has 0 saturated carbocycles. The van der Waals surface area contributed by atoms with Crippen LogP contribution in [-0.4, -0.2) is 62.7 Å². The van der Waals surface area contributed by atoms with Crippen molar-refractivity contribution in [1.82, 2.24) is 24.7 Å². The predicted octanol–water partition coefficient (Wildman–Crippen LogP) is 4.35. The van der Waals surface area contributed by atoms with E-state index < -0.39 is 17.6 Å². The Kier molecular flexibility index (Phi) is 6.34. The van der Waals surface area contributed by atoms with Crippen molar-refractivity contribution >= 4 is 17.5 Å². The van der Waals surface area contributed by atoms with Crippen LogP contribution in [0.25, 0.3) is 16.9 Å². The van der Waals surface area contributed by atoms with Gasteiger partial charge < -0.3 is 4.90 Å². The van der Waals surface area contributed by atoms with Crippen LogP contribution in [0.3, 0.4) is 0 Å². The lowest BCUT2D eigenvalue weighted by atomic mass is 10.1. The van der Waals surface area contributed by atoms with Gasteiger partial charge in [0.15, 0.2) is 5.69 Å². The molecule has 40 heavy (non-hydrogen) atoms. The van der Waals surface area contributed by atoms with Gasteiger partial charge in [0.1, 0.15) is 5.82 Å². The van der Waals surface area contributed by atoms with Gasteiger partial charge in [0.25, 0.3) is 5.91 Å². The maximum atomic E-state index is 14.4. The molecule has 204 valence electrons. The Morgan fingerprint density at radius 2 is 1.70 bits per heavy atom. The molecule has 8 nitrogen and oxygen atoms in total. The molecule has 2 aliphatic rings. The van der Waals surface area contributed by atoms with E-state index in [9.17, 15) is 27.2 Å². The molecule has 0 aliphatic carbocycles. The van der Waals surface area contributed by atoms with E-state index in [2.05, 4.69) is 10.1 Å². The minimum atomic E-state index is -4.84. The predicted molar refractivity (Wildman–Crippen MR) is 137 cm³/mol. The number of hydrogen-bond acceptors (Lipinski definition) is 5. The van der Waals surface area contributed by atoms with Gasteiger partial charge in [0.2, 0.25) is 5.91 Å². The number of halogens is 4. The lowest BCUT2D eigenvalue weighted by molar-refractivity contribution is -0.140. The van der Waals surface area contributed by atoms with Gasteiger partial charge in [-0.25, -0.2) is 19.1 Å². The number of fused-ring (bicyclic) bond motifs is 1. The summed E-state index contributed by atoms with van der Waals surface area (Å²) in [5.41, 5.74) is 1.41. The average Bonchev–Trinajstić information content (AvgIpc) is 3.54. The number of rotatable bonds is 4. The molecule has 0 bridgehead atoms. The molecule has 4 aromatic rings. The number of amides is 2. The summed E-state index contributed by atoms with van der Waals surface area (Å²) in [6, 6.07) is 15.0. The molecule has 12 heteroatoms. The van der Waals surface area contributed by atoms with Gasteiger partial charge in [-0.15, -0.1) is 0 Å². The van der Waals surface area contributed by atoms with Crippen molar-refractivity contribution in [1.29, 1.82) is 0 Å². The van der Waals surface area contributed by atoms with Gasteiger partial charge in [-0.2, -0.15) is 18.3 Å². The van der Waals surface area contributed by atoms with Gasteiger partial charge in [-0.05, 0) is 42.0 Å². The Balaban J connectivity index is 1.26. The van der Waals surface area contributed by atoms with E-state index >= 15 is 0 Å². The first kappa shape index (κ1) is 25.7. The number of anilines is 1. The van der Waals surface area contributed by atoms with Gasteiger partial charge in [-0.3, -0.25) is 14.6 Å². The van der Waals surface area contributed by atoms with Gasteiger partial charge >= 0.3 is 6.18 Å². The third kappa shape index (κ3) is 4.60. The molecular weight excluding hydrogens is 528 g/mol. The zero-order valence-corrected chi connectivity index (χ0v) is 21.0. The Hall–Kier alpha value is -4.58. The summed E-state index contributed by atoms with van der Waals surface area (Å²) >= 11 is 0. The van der Waals surface area contributed by atoms with Crippen molar-refractivity contribution in [2.24, 2.45) is 0 Å². The smallest absolute Gasteiger partial charge is 0.335 e. The van der Waals surface area contributed by atoms with Crippen LogP contribution < -0.4 is 5.01 Å². The van der Waals surface area contributed by atoms with Crippen molar-refractivity contribution in [3.8, 4) is 16.9 Å². The molecule has 0 spiro atoms. The van der Waals surface area contributed by atoms with Crippen LogP contribution in [0.4, 0.5) is 23.2 Å². The van der Waals surface area contributed by atoms with E-state index in [-0.39, 0.29) is 23.2 Å². The van der Waals surface area contributed by atoms with Crippen molar-refractivity contribution in [2.45, 2.75) is 12.6 Å². The fourth-order valence-electron chi connectivity index (χ4n) is 5.08. The number of nitrogens with zero attached hydrogens (tertiary/aromatic N) is 6. The highest BCUT2D eigenvalue weighted by molar-refractivity contribution is 6.00. The van der Waals surface area contributed by atoms with Crippen molar-refractivity contribution < 1.29 is 27.2 Å². The summed E-state index contributed by atoms with van der Waals surface area (Å²) < 4.78 is 55.0. The fourth-order valence-corrected chi connectivity index (χ4v) is 5.08. The van der Waals surface area contributed by atoms with E-state index in [0.29, 0.717) is 49.9 Å². The summed E-state index contributed by atoms with van der Waals surface area (Å²) in [4.78, 5) is 31.8. The molecule has 4 heterocycles. The Labute approximate surface area is 226 Å². The number of aromatic nitrogens is 3. The molecule has 2 aromatic heterocycles. The van der Waals surface area contributed by atoms with Crippen molar-refractivity contribution in [3.63, 3.8) is 0 Å². The molecular formula is C28H22F4N6O2. The van der Waals surface area contributed by atoms with E-state index in [4.69, 9.17) is 0 Å². The van der Waals surface area contributed by atoms with Crippen LogP contribution in [-0.2, 0) is 17.4 Å². The topological polar surface area (TPSA) is 74.6 Å². The zero-order valence-electron chi connectivity index (χ0n) is 21.0. The Bertz CT molecular complexity index is 1600. The number of carbonyl (C=O) groups excluding carboxylic acids is 2. The Morgan fingerprint density at radius 3 is 2.40 bits per heavy atom. The number of pyridine rings is 1. The minimum Gasteiger partial charge on any atom is -0.335 e. The second-order valence-corrected chi connectivity index (χ2v) is 9.49. The first-order valence-electron chi connectivity index (χ1n) is 12.5. The number of carbonyl (C=O) groups is 2. The lowest BCUT2D eigenvalue weighted by Crippen LogP contribution is -2.56. The van der Waals surface area contributed by atoms with Crippen LogP contribution in [0.1, 0.15) is 21.6 Å². The largest absolute Gasteiger partial charge is 0.419 e. The van der Waals surface area contributed by atoms with Crippen LogP contribution >= 0.6 is 0 Å². The molecule has 2 aliphatic heterocycles. The molecule has 2 amide bonds. The molecule has 2 aromatic carbocycles. The molecule has 1 fully saturated rings. The fraction of sp³-hybridized carbons (Fsp3) is 0.214. The summed E-state index contributed by atoms with van der Waals surface area (Å²) in [5, 5.41) is 7.97. The van der Waals surface area contributed by atoms with Gasteiger partial charge in [0.05, 0.1) is 29.1 Å². The third-order valence-electron chi connectivity index (χ3n) is 7.01. The minimum absolute atomic E-state index is 0.0235. The summed E-state index contributed by atoms with van der Waals surface area (Å²) in [6.45, 7) is 1.50. The number of alkyl halides is 3. The van der Waals surface area contributed by atoms with Gasteiger partial charge in [0, 0.05) is 50.2 Å². The highest BCUT2D eigenvalue weighted by Crippen LogP contribution is 2.34. The van der Waals surface area contributed by atoms with Crippen LogP contribution in [0.2, 0.25) is 0 Å². The van der Waals surface area contributed by atoms with E-state index in [1.54, 1.807) is 28.2 Å². The van der Waals surface area contributed by atoms with Gasteiger partial charge in [-0.1, -0.05) is 18.2 Å². The average molecular weight is 551 g/mol. The maximum Gasteiger partial charge on any atom is 0.419 e. The summed E-state index contributed by atoms with van der Waals surface area (Å²) in [6.07, 6.45) is -1.44. The second-order valence-electron chi connectivity index (χ2n) is 9.49. The number of piperazine rings is 1. The molecule has 6 rings (SSSR count). The molecule has 0 atom stereocenters. The number of hydrogen-bond donors (Lipinski definition) is 0. The monoisotopic (exact) mass is 550 g/mol. The second kappa shape index (κ2) is 9.87. The SMILES string of the molecule is O=C(c1cc(-c2cccnc2)n(-c2ccc(C(F)(F)F)c(F)c2)n1)N1CCN(N2C(=O)Cc3ccccc32)CC1. The molecule has 0 radical (unpaired) electrons. The van der Waals surface area contributed by atoms with Crippen molar-refractivity contribution in [2.75, 3.05) is 31.2 Å². The molecule has 0 N–H and O–H groups in total. The first-order valence-corrected chi connectivity index (χ1v) is 12.5. The first-order chi connectivity index (χ1) is 19.2. The zero-order chi connectivity index (χ0) is 28.0. The van der Waals surface area contributed by atoms with E-state index in [1.165, 1.54) is 16.9 Å². The highest BCUT2D eigenvalue weighted by atomic mass is 19.4. The van der Waals surface area contributed by atoms with Crippen LogP contribution in [0.15, 0.2) is 73.1 Å². The molecule has 1 saturated heterocycles. The standard InChI is InChI=1S/C28H22F4N6O2/c29-22-15-20(7-8-21(22)28(30,31)32)37-25(19-5-3-9-33-17-19)16-23(34-37)27(40)35-10-12-36(13-11-35)38-24-6-2-1-4-18(24)14-26(38)39/h1-9,15-17H,10-14H2. The summed E-state index contributed by atoms with van der Waals surface area (Å²) in [5.74, 6) is -1.85. The third-order valence-corrected chi connectivity index (χ3v) is 7.01.